The average molecular weight is 717 g/mol. The molecule has 2 aliphatic rings. The Morgan fingerprint density at radius 1 is 0.304 bits per heavy atom. The minimum absolute atomic E-state index is 0.0672. The standard InChI is InChI=1S/C54H40N2/c1-53(2)45-19-11-8-16-37(45)42-31-44-43-28-33(23-27-51(43)55(52(44)32-48(42)53)35-14-6-5-7-15-35)34-22-25-38-39-26-24-36(30-47(39)54(3,4)46(38)29-34)56-49-20-12-9-17-40(49)41-18-10-13-21-50(41)56/h5-32H,1-4H3. The molecule has 0 unspecified atom stereocenters. The third-order valence-electron chi connectivity index (χ3n) is 13.3. The minimum atomic E-state index is -0.163. The van der Waals surface area contributed by atoms with Crippen molar-refractivity contribution in [2.45, 2.75) is 38.5 Å². The molecule has 0 aliphatic heterocycles. The number of rotatable bonds is 3. The fourth-order valence-corrected chi connectivity index (χ4v) is 10.5. The lowest BCUT2D eigenvalue weighted by molar-refractivity contribution is 0.660. The number of aromatic nitrogens is 2. The third kappa shape index (κ3) is 4.11. The molecule has 2 aliphatic carbocycles. The molecule has 0 N–H and O–H groups in total. The highest BCUT2D eigenvalue weighted by atomic mass is 15.0. The number of hydrogen-bond acceptors (Lipinski definition) is 0. The molecule has 0 radical (unpaired) electrons. The minimum Gasteiger partial charge on any atom is -0.309 e. The van der Waals surface area contributed by atoms with E-state index in [1.165, 1.54) is 111 Å². The number of fused-ring (bicyclic) bond motifs is 12. The highest BCUT2D eigenvalue weighted by molar-refractivity contribution is 6.13. The maximum Gasteiger partial charge on any atom is 0.0544 e. The Bertz CT molecular complexity index is 3240. The van der Waals surface area contributed by atoms with Crippen molar-refractivity contribution in [1.82, 2.24) is 9.13 Å². The van der Waals surface area contributed by atoms with Crippen LogP contribution in [0.2, 0.25) is 0 Å². The molecule has 2 heteroatoms. The first-order valence-electron chi connectivity index (χ1n) is 19.9. The second-order valence-electron chi connectivity index (χ2n) is 17.0. The van der Waals surface area contributed by atoms with Crippen LogP contribution in [0.3, 0.4) is 0 Å². The van der Waals surface area contributed by atoms with E-state index in [9.17, 15) is 0 Å². The molecular formula is C54H40N2. The second-order valence-corrected chi connectivity index (χ2v) is 17.0. The smallest absolute Gasteiger partial charge is 0.0544 e. The summed E-state index contributed by atoms with van der Waals surface area (Å²) in [4.78, 5) is 0. The second kappa shape index (κ2) is 11.0. The fourth-order valence-electron chi connectivity index (χ4n) is 10.5. The maximum absolute atomic E-state index is 2.47. The fraction of sp³-hybridized carbons (Fsp3) is 0.111. The van der Waals surface area contributed by atoms with Gasteiger partial charge in [0.05, 0.1) is 22.1 Å². The molecule has 8 aromatic carbocycles. The quantitative estimate of drug-likeness (QED) is 0.172. The van der Waals surface area contributed by atoms with Crippen LogP contribution >= 0.6 is 0 Å². The van der Waals surface area contributed by atoms with Gasteiger partial charge in [-0.05, 0) is 122 Å². The summed E-state index contributed by atoms with van der Waals surface area (Å²) in [5.74, 6) is 0. The third-order valence-corrected chi connectivity index (χ3v) is 13.3. The molecule has 0 atom stereocenters. The summed E-state index contributed by atoms with van der Waals surface area (Å²) >= 11 is 0. The molecule has 0 spiro atoms. The van der Waals surface area contributed by atoms with Crippen LogP contribution < -0.4 is 0 Å². The van der Waals surface area contributed by atoms with E-state index < -0.39 is 0 Å². The van der Waals surface area contributed by atoms with Crippen LogP contribution in [-0.4, -0.2) is 9.13 Å². The normalized spacial score (nSPS) is 14.7. The van der Waals surface area contributed by atoms with Crippen LogP contribution in [0.5, 0.6) is 0 Å². The molecule has 10 aromatic rings. The summed E-state index contributed by atoms with van der Waals surface area (Å²) in [5, 5.41) is 5.16. The molecule has 0 bridgehead atoms. The lowest BCUT2D eigenvalue weighted by Gasteiger charge is -2.23. The molecule has 266 valence electrons. The Kier molecular flexibility index (Phi) is 6.22. The molecule has 2 aromatic heterocycles. The number of para-hydroxylation sites is 3. The lowest BCUT2D eigenvalue weighted by Crippen LogP contribution is -2.15. The zero-order chi connectivity index (χ0) is 37.5. The van der Waals surface area contributed by atoms with Crippen molar-refractivity contribution in [3.63, 3.8) is 0 Å². The van der Waals surface area contributed by atoms with Gasteiger partial charge in [-0.3, -0.25) is 0 Å². The van der Waals surface area contributed by atoms with Crippen LogP contribution in [0.1, 0.15) is 49.9 Å². The van der Waals surface area contributed by atoms with Crippen molar-refractivity contribution in [3.05, 3.63) is 192 Å². The summed E-state index contributed by atoms with van der Waals surface area (Å²) in [6, 6.07) is 63.7. The van der Waals surface area contributed by atoms with Gasteiger partial charge >= 0.3 is 0 Å². The highest BCUT2D eigenvalue weighted by Crippen LogP contribution is 2.53. The number of benzene rings is 8. The first-order valence-corrected chi connectivity index (χ1v) is 19.9. The van der Waals surface area contributed by atoms with Crippen molar-refractivity contribution >= 4 is 43.6 Å². The van der Waals surface area contributed by atoms with Crippen LogP contribution in [0.15, 0.2) is 170 Å². The summed E-state index contributed by atoms with van der Waals surface area (Å²) in [5.41, 5.74) is 20.6. The highest BCUT2D eigenvalue weighted by Gasteiger charge is 2.37. The van der Waals surface area contributed by atoms with Crippen LogP contribution in [0.4, 0.5) is 0 Å². The number of hydrogen-bond donors (Lipinski definition) is 0. The van der Waals surface area contributed by atoms with Crippen molar-refractivity contribution in [3.8, 4) is 44.8 Å². The topological polar surface area (TPSA) is 9.86 Å². The Labute approximate surface area is 326 Å². The first-order chi connectivity index (χ1) is 27.3. The molecule has 2 heterocycles. The summed E-state index contributed by atoms with van der Waals surface area (Å²) in [6.45, 7) is 9.54. The van der Waals surface area contributed by atoms with Crippen molar-refractivity contribution in [2.75, 3.05) is 0 Å². The summed E-state index contributed by atoms with van der Waals surface area (Å²) < 4.78 is 4.90. The molecule has 2 nitrogen and oxygen atoms in total. The molecule has 56 heavy (non-hydrogen) atoms. The zero-order valence-corrected chi connectivity index (χ0v) is 32.1. The SMILES string of the molecule is CC1(C)c2cc(-c3ccc4c(c3)c3cc5c(cc3n4-c3ccccc3)C(C)(C)c3ccccc3-5)ccc2-c2ccc(-n3c4ccccc4c4ccccc43)cc21. The van der Waals surface area contributed by atoms with E-state index in [4.69, 9.17) is 0 Å². The molecular weight excluding hydrogens is 677 g/mol. The molecule has 0 saturated heterocycles. The van der Waals surface area contributed by atoms with Crippen molar-refractivity contribution < 1.29 is 0 Å². The molecule has 0 saturated carbocycles. The van der Waals surface area contributed by atoms with E-state index in [0.29, 0.717) is 0 Å². The van der Waals surface area contributed by atoms with E-state index in [1.54, 1.807) is 0 Å². The van der Waals surface area contributed by atoms with Crippen LogP contribution in [0, 0.1) is 0 Å². The van der Waals surface area contributed by atoms with Crippen LogP contribution in [-0.2, 0) is 10.8 Å². The van der Waals surface area contributed by atoms with Crippen molar-refractivity contribution in [1.29, 1.82) is 0 Å². The van der Waals surface area contributed by atoms with E-state index in [0.717, 1.165) is 0 Å². The van der Waals surface area contributed by atoms with Gasteiger partial charge in [-0.15, -0.1) is 0 Å². The molecule has 12 rings (SSSR count). The van der Waals surface area contributed by atoms with E-state index in [2.05, 4.69) is 207 Å². The molecule has 0 amide bonds. The van der Waals surface area contributed by atoms with Gasteiger partial charge in [0.15, 0.2) is 0 Å². The predicted octanol–water partition coefficient (Wildman–Crippen LogP) is 14.2. The Morgan fingerprint density at radius 3 is 1.59 bits per heavy atom. The van der Waals surface area contributed by atoms with Gasteiger partial charge in [-0.1, -0.05) is 131 Å². The maximum atomic E-state index is 2.47. The summed E-state index contributed by atoms with van der Waals surface area (Å²) in [6.07, 6.45) is 0. The van der Waals surface area contributed by atoms with Crippen molar-refractivity contribution in [2.24, 2.45) is 0 Å². The largest absolute Gasteiger partial charge is 0.309 e. The number of nitrogens with zero attached hydrogens (tertiary/aromatic N) is 2. The molecule has 0 fully saturated rings. The van der Waals surface area contributed by atoms with Gasteiger partial charge in [-0.2, -0.15) is 0 Å². The van der Waals surface area contributed by atoms with Gasteiger partial charge in [0, 0.05) is 43.7 Å². The summed E-state index contributed by atoms with van der Waals surface area (Å²) in [7, 11) is 0. The first kappa shape index (κ1) is 31.7. The van der Waals surface area contributed by atoms with Gasteiger partial charge in [0.2, 0.25) is 0 Å². The van der Waals surface area contributed by atoms with Crippen LogP contribution in [0.25, 0.3) is 88.4 Å². The average Bonchev–Trinajstić information content (AvgIpc) is 3.88. The Hall–Kier alpha value is -6.64. The monoisotopic (exact) mass is 716 g/mol. The van der Waals surface area contributed by atoms with E-state index in [1.807, 2.05) is 0 Å². The Morgan fingerprint density at radius 2 is 0.821 bits per heavy atom. The van der Waals surface area contributed by atoms with Gasteiger partial charge in [-0.25, -0.2) is 0 Å². The van der Waals surface area contributed by atoms with E-state index in [-0.39, 0.29) is 10.8 Å². The zero-order valence-electron chi connectivity index (χ0n) is 32.1. The predicted molar refractivity (Wildman–Crippen MR) is 236 cm³/mol. The van der Waals surface area contributed by atoms with Gasteiger partial charge < -0.3 is 9.13 Å². The Balaban J connectivity index is 1.01. The van der Waals surface area contributed by atoms with E-state index >= 15 is 0 Å². The lowest BCUT2D eigenvalue weighted by atomic mass is 9.81. The van der Waals surface area contributed by atoms with Gasteiger partial charge in [0.25, 0.3) is 0 Å². The van der Waals surface area contributed by atoms with Gasteiger partial charge in [0.1, 0.15) is 0 Å².